The predicted molar refractivity (Wildman–Crippen MR) is 19.5 cm³/mol. The van der Waals surface area contributed by atoms with E-state index in [1.54, 1.807) is 6.08 Å². The van der Waals surface area contributed by atoms with Crippen molar-refractivity contribution in [2.75, 3.05) is 6.61 Å². The van der Waals surface area contributed by atoms with Crippen LogP contribution in [0.15, 0.2) is 6.08 Å². The lowest BCUT2D eigenvalue weighted by Crippen LogP contribution is -1.94. The van der Waals surface area contributed by atoms with Gasteiger partial charge in [-0.2, -0.15) is 4.89 Å². The molecule has 0 bridgehead atoms. The van der Waals surface area contributed by atoms with Crippen LogP contribution in [0.4, 0.5) is 0 Å². The molecule has 0 aromatic rings. The summed E-state index contributed by atoms with van der Waals surface area (Å²) in [5.41, 5.74) is 0. The molecule has 33 valence electrons. The molecule has 1 heterocycles. The Labute approximate surface area is 36.3 Å². The first-order valence-corrected chi connectivity index (χ1v) is 1.86. The zero-order valence-corrected chi connectivity index (χ0v) is 3.31. The number of hydrogen-bond acceptors (Lipinski definition) is 2. The van der Waals surface area contributed by atoms with Crippen LogP contribution in [0.5, 0.6) is 0 Å². The maximum Gasteiger partial charge on any atom is 0.207 e. The van der Waals surface area contributed by atoms with Crippen molar-refractivity contribution in [3.63, 3.8) is 0 Å². The highest BCUT2D eigenvalue weighted by molar-refractivity contribution is 4.66. The van der Waals surface area contributed by atoms with Gasteiger partial charge >= 0.3 is 0 Å². The van der Waals surface area contributed by atoms with Gasteiger partial charge in [0.05, 0.1) is 6.61 Å². The summed E-state index contributed by atoms with van der Waals surface area (Å²) in [6, 6.07) is 0. The Morgan fingerprint density at radius 2 is 2.67 bits per heavy atom. The molecular formula is C4H5O2. The molecule has 0 fully saturated rings. The highest BCUT2D eigenvalue weighted by Gasteiger charge is 1.88. The second-order valence-electron chi connectivity index (χ2n) is 1.02. The van der Waals surface area contributed by atoms with E-state index >= 15 is 0 Å². The summed E-state index contributed by atoms with van der Waals surface area (Å²) in [4.78, 5) is 8.69. The van der Waals surface area contributed by atoms with Crippen molar-refractivity contribution in [3.05, 3.63) is 12.3 Å². The zero-order valence-electron chi connectivity index (χ0n) is 3.31. The van der Waals surface area contributed by atoms with E-state index in [0.717, 1.165) is 6.42 Å². The Hall–Kier alpha value is -0.500. The Morgan fingerprint density at radius 3 is 2.83 bits per heavy atom. The van der Waals surface area contributed by atoms with Crippen molar-refractivity contribution in [1.29, 1.82) is 0 Å². The lowest BCUT2D eigenvalue weighted by atomic mass is 10.4. The second-order valence-corrected chi connectivity index (χ2v) is 1.02. The van der Waals surface area contributed by atoms with Gasteiger partial charge in [0.15, 0.2) is 0 Å². The Kier molecular flexibility index (Phi) is 1.12. The molecule has 0 aromatic heterocycles. The second kappa shape index (κ2) is 1.82. The molecule has 0 spiro atoms. The van der Waals surface area contributed by atoms with Gasteiger partial charge in [0.25, 0.3) is 0 Å². The first-order valence-electron chi connectivity index (χ1n) is 1.86. The van der Waals surface area contributed by atoms with Crippen LogP contribution in [0.3, 0.4) is 0 Å². The zero-order chi connectivity index (χ0) is 4.24. The summed E-state index contributed by atoms with van der Waals surface area (Å²) in [6.45, 7) is 0.660. The smallest absolute Gasteiger partial charge is 0.207 e. The van der Waals surface area contributed by atoms with Crippen molar-refractivity contribution in [2.45, 2.75) is 6.42 Å². The average Bonchev–Trinajstić information content (AvgIpc) is 1.72. The minimum Gasteiger partial charge on any atom is -0.334 e. The van der Waals surface area contributed by atoms with Crippen LogP contribution in [-0.4, -0.2) is 6.61 Å². The minimum absolute atomic E-state index is 0.660. The Morgan fingerprint density at radius 1 is 1.67 bits per heavy atom. The van der Waals surface area contributed by atoms with Crippen LogP contribution >= 0.6 is 0 Å². The lowest BCUT2D eigenvalue weighted by Gasteiger charge is -1.99. The largest absolute Gasteiger partial charge is 0.334 e. The molecule has 2 nitrogen and oxygen atoms in total. The van der Waals surface area contributed by atoms with Crippen LogP contribution in [0.2, 0.25) is 0 Å². The summed E-state index contributed by atoms with van der Waals surface area (Å²) in [5.74, 6) is 0. The third kappa shape index (κ3) is 0.723. The monoisotopic (exact) mass is 85.0 g/mol. The first-order chi connectivity index (χ1) is 3.00. The topological polar surface area (TPSA) is 18.5 Å². The van der Waals surface area contributed by atoms with E-state index in [1.165, 1.54) is 0 Å². The van der Waals surface area contributed by atoms with Crippen LogP contribution < -0.4 is 0 Å². The fourth-order valence-electron chi connectivity index (χ4n) is 0.276. The fraction of sp³-hybridized carbons (Fsp3) is 0.500. The third-order valence-corrected chi connectivity index (χ3v) is 0.536. The van der Waals surface area contributed by atoms with E-state index in [4.69, 9.17) is 0 Å². The third-order valence-electron chi connectivity index (χ3n) is 0.536. The quantitative estimate of drug-likeness (QED) is 0.402. The average molecular weight is 85.1 g/mol. The highest BCUT2D eigenvalue weighted by atomic mass is 17.2. The van der Waals surface area contributed by atoms with Gasteiger partial charge in [0, 0.05) is 0 Å². The van der Waals surface area contributed by atoms with Crippen LogP contribution in [0.1, 0.15) is 6.42 Å². The van der Waals surface area contributed by atoms with Crippen LogP contribution in [0, 0.1) is 6.26 Å². The molecule has 0 aliphatic carbocycles. The summed E-state index contributed by atoms with van der Waals surface area (Å²) < 4.78 is 0. The molecule has 0 unspecified atom stereocenters. The van der Waals surface area contributed by atoms with Crippen LogP contribution in [0.25, 0.3) is 0 Å². The molecule has 0 saturated carbocycles. The molecule has 0 atom stereocenters. The van der Waals surface area contributed by atoms with Crippen molar-refractivity contribution < 1.29 is 9.78 Å². The number of rotatable bonds is 0. The van der Waals surface area contributed by atoms with Crippen molar-refractivity contribution in [2.24, 2.45) is 0 Å². The molecule has 0 saturated heterocycles. The molecule has 0 N–H and O–H groups in total. The SMILES string of the molecule is [C]1=CCCOO1. The fourth-order valence-corrected chi connectivity index (χ4v) is 0.276. The normalized spacial score (nSPS) is 20.0. The van der Waals surface area contributed by atoms with Gasteiger partial charge in [-0.1, -0.05) is 0 Å². The molecule has 1 radical (unpaired) electrons. The van der Waals surface area contributed by atoms with Crippen molar-refractivity contribution in [1.82, 2.24) is 0 Å². The van der Waals surface area contributed by atoms with Gasteiger partial charge in [0.1, 0.15) is 0 Å². The first kappa shape index (κ1) is 3.68. The van der Waals surface area contributed by atoms with E-state index < -0.39 is 0 Å². The van der Waals surface area contributed by atoms with E-state index in [2.05, 4.69) is 16.0 Å². The minimum atomic E-state index is 0.660. The Bertz CT molecular complexity index is 50.6. The molecule has 6 heavy (non-hydrogen) atoms. The van der Waals surface area contributed by atoms with Gasteiger partial charge in [-0.15, -0.1) is 0 Å². The predicted octanol–water partition coefficient (Wildman–Crippen LogP) is 0.655. The van der Waals surface area contributed by atoms with Crippen molar-refractivity contribution in [3.8, 4) is 0 Å². The summed E-state index contributed by atoms with van der Waals surface area (Å²) >= 11 is 0. The maximum absolute atomic E-state index is 4.43. The van der Waals surface area contributed by atoms with E-state index in [1.807, 2.05) is 0 Å². The molecule has 2 heteroatoms. The summed E-state index contributed by atoms with van der Waals surface area (Å²) in [5, 5.41) is 0. The highest BCUT2D eigenvalue weighted by Crippen LogP contribution is 1.92. The van der Waals surface area contributed by atoms with Gasteiger partial charge in [-0.3, -0.25) is 0 Å². The lowest BCUT2D eigenvalue weighted by molar-refractivity contribution is -0.264. The van der Waals surface area contributed by atoms with Crippen molar-refractivity contribution >= 4 is 0 Å². The standard InChI is InChI=1S/C4H5O2/c1-2-4-6-5-3-1/h1H,2,4H2. The molecule has 0 aromatic carbocycles. The van der Waals surface area contributed by atoms with Crippen LogP contribution in [-0.2, 0) is 9.78 Å². The molecular weight excluding hydrogens is 80.0 g/mol. The van der Waals surface area contributed by atoms with Gasteiger partial charge in [-0.05, 0) is 12.5 Å². The Balaban J connectivity index is 2.26. The van der Waals surface area contributed by atoms with E-state index in [0.29, 0.717) is 6.61 Å². The van der Waals surface area contributed by atoms with E-state index in [9.17, 15) is 0 Å². The van der Waals surface area contributed by atoms with Gasteiger partial charge in [0.2, 0.25) is 6.26 Å². The molecule has 1 aliphatic rings. The molecule has 1 aliphatic heterocycles. The molecule has 1 rings (SSSR count). The maximum atomic E-state index is 4.43. The van der Waals surface area contributed by atoms with E-state index in [-0.39, 0.29) is 0 Å². The van der Waals surface area contributed by atoms with Gasteiger partial charge < -0.3 is 4.89 Å². The summed E-state index contributed by atoms with van der Waals surface area (Å²) in [6.07, 6.45) is 5.15. The molecule has 0 amide bonds. The van der Waals surface area contributed by atoms with Gasteiger partial charge in [-0.25, -0.2) is 0 Å². The number of hydrogen-bond donors (Lipinski definition) is 0. The summed E-state index contributed by atoms with van der Waals surface area (Å²) in [7, 11) is 0.